The summed E-state index contributed by atoms with van der Waals surface area (Å²) in [5.41, 5.74) is 4.14. The Balaban J connectivity index is 1.41. The van der Waals surface area contributed by atoms with Crippen LogP contribution in [0.2, 0.25) is 10.0 Å². The molecule has 0 aromatic heterocycles. The fourth-order valence-corrected chi connectivity index (χ4v) is 4.69. The molecule has 2 amide bonds. The van der Waals surface area contributed by atoms with E-state index in [4.69, 9.17) is 39.1 Å². The van der Waals surface area contributed by atoms with Gasteiger partial charge in [0.05, 0.1) is 17.8 Å². The minimum Gasteiger partial charge on any atom is -0.492 e. The van der Waals surface area contributed by atoms with Gasteiger partial charge in [0, 0.05) is 23.4 Å². The van der Waals surface area contributed by atoms with E-state index >= 15 is 0 Å². The second-order valence-corrected chi connectivity index (χ2v) is 10.1. The van der Waals surface area contributed by atoms with E-state index in [1.807, 2.05) is 66.7 Å². The number of benzene rings is 4. The Hall–Kier alpha value is -4.51. The zero-order chi connectivity index (χ0) is 29.7. The fraction of sp³-hybridized carbons (Fsp3) is 0.182. The van der Waals surface area contributed by atoms with Crippen molar-refractivity contribution in [1.82, 2.24) is 10.7 Å². The Morgan fingerprint density at radius 3 is 2.50 bits per heavy atom. The summed E-state index contributed by atoms with van der Waals surface area (Å²) in [6.07, 6.45) is 7.75. The summed E-state index contributed by atoms with van der Waals surface area (Å²) in [5.74, 6) is 2.74. The topological polar surface area (TPSA) is 89.0 Å². The van der Waals surface area contributed by atoms with Gasteiger partial charge in [0.1, 0.15) is 24.1 Å². The molecule has 0 aliphatic rings. The minimum absolute atomic E-state index is 0.0918. The number of carbonyl (C=O) groups is 2. The van der Waals surface area contributed by atoms with Crippen LogP contribution in [0.15, 0.2) is 90.0 Å². The van der Waals surface area contributed by atoms with E-state index in [-0.39, 0.29) is 32.0 Å². The summed E-state index contributed by atoms with van der Waals surface area (Å²) in [4.78, 5) is 26.0. The van der Waals surface area contributed by atoms with Gasteiger partial charge in [-0.05, 0) is 47.0 Å². The maximum absolute atomic E-state index is 13.2. The van der Waals surface area contributed by atoms with Crippen molar-refractivity contribution in [3.63, 3.8) is 0 Å². The van der Waals surface area contributed by atoms with Crippen LogP contribution in [0.25, 0.3) is 10.8 Å². The van der Waals surface area contributed by atoms with Gasteiger partial charge < -0.3 is 14.8 Å². The van der Waals surface area contributed by atoms with Crippen LogP contribution in [0.1, 0.15) is 24.0 Å². The molecule has 1 atom stereocenters. The largest absolute Gasteiger partial charge is 0.492 e. The van der Waals surface area contributed by atoms with Crippen LogP contribution in [0, 0.1) is 12.3 Å². The molecule has 4 aromatic rings. The number of amides is 2. The molecular weight excluding hydrogens is 573 g/mol. The van der Waals surface area contributed by atoms with E-state index in [1.165, 1.54) is 6.21 Å². The van der Waals surface area contributed by atoms with Crippen molar-refractivity contribution in [2.24, 2.45) is 5.10 Å². The van der Waals surface area contributed by atoms with E-state index in [2.05, 4.69) is 21.8 Å². The number of ether oxygens (including phenoxy) is 2. The molecular formula is C33H29Cl2N3O4. The monoisotopic (exact) mass is 601 g/mol. The summed E-state index contributed by atoms with van der Waals surface area (Å²) in [6.45, 7) is 0.359. The molecule has 0 saturated heterocycles. The first-order valence-corrected chi connectivity index (χ1v) is 14.0. The van der Waals surface area contributed by atoms with Crippen molar-refractivity contribution >= 4 is 52.0 Å². The SMILES string of the molecule is C#CCOc1ccc2ccccc2c1/C=N\NC(=O)[C@H](Cc1ccccc1)NC(=O)CCCOc1ccc(Cl)cc1Cl. The number of hydrazone groups is 1. The summed E-state index contributed by atoms with van der Waals surface area (Å²) >= 11 is 12.0. The van der Waals surface area contributed by atoms with Gasteiger partial charge in [0.15, 0.2) is 0 Å². The smallest absolute Gasteiger partial charge is 0.262 e. The third-order valence-corrected chi connectivity index (χ3v) is 6.77. The number of nitrogens with zero attached hydrogens (tertiary/aromatic N) is 1. The molecule has 0 spiro atoms. The summed E-state index contributed by atoms with van der Waals surface area (Å²) in [7, 11) is 0. The van der Waals surface area contributed by atoms with Crippen molar-refractivity contribution < 1.29 is 19.1 Å². The molecule has 0 heterocycles. The van der Waals surface area contributed by atoms with Crippen LogP contribution in [-0.2, 0) is 16.0 Å². The van der Waals surface area contributed by atoms with E-state index < -0.39 is 11.9 Å². The van der Waals surface area contributed by atoms with Crippen molar-refractivity contribution in [3.05, 3.63) is 106 Å². The van der Waals surface area contributed by atoms with Gasteiger partial charge in [-0.25, -0.2) is 5.43 Å². The molecule has 0 radical (unpaired) electrons. The Kier molecular flexibility index (Phi) is 11.2. The predicted octanol–water partition coefficient (Wildman–Crippen LogP) is 6.20. The first-order valence-electron chi connectivity index (χ1n) is 13.3. The number of hydrogen-bond donors (Lipinski definition) is 2. The number of hydrogen-bond acceptors (Lipinski definition) is 5. The van der Waals surface area contributed by atoms with Crippen molar-refractivity contribution in [2.45, 2.75) is 25.3 Å². The molecule has 214 valence electrons. The molecule has 0 aliphatic heterocycles. The number of fused-ring (bicyclic) bond motifs is 1. The molecule has 0 aliphatic carbocycles. The van der Waals surface area contributed by atoms with E-state index in [9.17, 15) is 9.59 Å². The van der Waals surface area contributed by atoms with Gasteiger partial charge in [-0.2, -0.15) is 5.10 Å². The lowest BCUT2D eigenvalue weighted by Crippen LogP contribution is -2.46. The predicted molar refractivity (Wildman–Crippen MR) is 167 cm³/mol. The second kappa shape index (κ2) is 15.5. The van der Waals surface area contributed by atoms with E-state index in [0.717, 1.165) is 16.3 Å². The van der Waals surface area contributed by atoms with Crippen LogP contribution < -0.4 is 20.2 Å². The van der Waals surface area contributed by atoms with Crippen molar-refractivity contribution in [2.75, 3.05) is 13.2 Å². The molecule has 0 fully saturated rings. The van der Waals surface area contributed by atoms with Crippen LogP contribution >= 0.6 is 23.2 Å². The lowest BCUT2D eigenvalue weighted by molar-refractivity contribution is -0.129. The molecule has 4 rings (SSSR count). The summed E-state index contributed by atoms with van der Waals surface area (Å²) in [5, 5.41) is 9.81. The molecule has 0 bridgehead atoms. The van der Waals surface area contributed by atoms with E-state index in [0.29, 0.717) is 33.5 Å². The average Bonchev–Trinajstić information content (AvgIpc) is 2.99. The Bertz CT molecular complexity index is 1600. The van der Waals surface area contributed by atoms with E-state index in [1.54, 1.807) is 18.2 Å². The maximum atomic E-state index is 13.2. The first-order chi connectivity index (χ1) is 20.4. The Labute approximate surface area is 254 Å². The zero-order valence-corrected chi connectivity index (χ0v) is 24.2. The normalized spacial score (nSPS) is 11.5. The van der Waals surface area contributed by atoms with Crippen LogP contribution in [-0.4, -0.2) is 37.3 Å². The van der Waals surface area contributed by atoms with Crippen molar-refractivity contribution in [1.29, 1.82) is 0 Å². The van der Waals surface area contributed by atoms with Gasteiger partial charge in [-0.1, -0.05) is 89.8 Å². The highest BCUT2D eigenvalue weighted by molar-refractivity contribution is 6.35. The van der Waals surface area contributed by atoms with Crippen LogP contribution in [0.5, 0.6) is 11.5 Å². The molecule has 0 unspecified atom stereocenters. The lowest BCUT2D eigenvalue weighted by atomic mass is 10.0. The van der Waals surface area contributed by atoms with Crippen molar-refractivity contribution in [3.8, 4) is 23.8 Å². The average molecular weight is 603 g/mol. The summed E-state index contributed by atoms with van der Waals surface area (Å²) < 4.78 is 11.4. The molecule has 0 saturated carbocycles. The maximum Gasteiger partial charge on any atom is 0.262 e. The van der Waals surface area contributed by atoms with Crippen LogP contribution in [0.4, 0.5) is 0 Å². The van der Waals surface area contributed by atoms with Gasteiger partial charge in [0.2, 0.25) is 5.91 Å². The molecule has 4 aromatic carbocycles. The molecule has 2 N–H and O–H groups in total. The number of halogens is 2. The minimum atomic E-state index is -0.853. The van der Waals surface area contributed by atoms with Gasteiger partial charge in [-0.3, -0.25) is 9.59 Å². The lowest BCUT2D eigenvalue weighted by Gasteiger charge is -2.17. The van der Waals surface area contributed by atoms with Gasteiger partial charge in [0.25, 0.3) is 5.91 Å². The number of nitrogens with one attached hydrogen (secondary N) is 2. The molecule has 42 heavy (non-hydrogen) atoms. The third kappa shape index (κ3) is 8.74. The second-order valence-electron chi connectivity index (χ2n) is 9.26. The highest BCUT2D eigenvalue weighted by Gasteiger charge is 2.21. The number of rotatable bonds is 13. The summed E-state index contributed by atoms with van der Waals surface area (Å²) in [6, 6.07) is 25.0. The highest BCUT2D eigenvalue weighted by atomic mass is 35.5. The quantitative estimate of drug-likeness (QED) is 0.0827. The Morgan fingerprint density at radius 1 is 0.952 bits per heavy atom. The fourth-order valence-electron chi connectivity index (χ4n) is 4.23. The highest BCUT2D eigenvalue weighted by Crippen LogP contribution is 2.28. The van der Waals surface area contributed by atoms with Gasteiger partial charge in [-0.15, -0.1) is 6.42 Å². The number of terminal acetylenes is 1. The zero-order valence-electron chi connectivity index (χ0n) is 22.7. The standard InChI is InChI=1S/C33H29Cl2N3O4/c1-2-18-41-30-16-14-24-11-6-7-12-26(24)27(30)22-36-38-33(40)29(20-23-9-4-3-5-10-23)37-32(39)13-8-19-42-31-17-15-25(34)21-28(31)35/h1,3-7,9-12,14-17,21-22,29H,8,13,18-20H2,(H,37,39)(H,38,40)/b36-22-/t29-/m0/s1. The molecule has 7 nitrogen and oxygen atoms in total. The molecule has 9 heteroatoms. The number of carbonyl (C=O) groups excluding carboxylic acids is 2. The first kappa shape index (κ1) is 30.4. The Morgan fingerprint density at radius 2 is 1.71 bits per heavy atom. The van der Waals surface area contributed by atoms with Gasteiger partial charge >= 0.3 is 0 Å². The van der Waals surface area contributed by atoms with Crippen LogP contribution in [0.3, 0.4) is 0 Å². The third-order valence-electron chi connectivity index (χ3n) is 6.24.